The molecule has 0 spiro atoms. The zero-order valence-electron chi connectivity index (χ0n) is 16.4. The predicted molar refractivity (Wildman–Crippen MR) is 117 cm³/mol. The molecule has 0 bridgehead atoms. The second-order valence-electron chi connectivity index (χ2n) is 7.52. The lowest BCUT2D eigenvalue weighted by atomic mass is 10.0. The number of oxazole rings is 1. The Balaban J connectivity index is 1.58. The number of rotatable bonds is 5. The highest BCUT2D eigenvalue weighted by Gasteiger charge is 2.29. The molecule has 3 aromatic carbocycles. The molecule has 1 aliphatic rings. The van der Waals surface area contributed by atoms with E-state index in [2.05, 4.69) is 10.3 Å². The van der Waals surface area contributed by atoms with E-state index in [0.717, 1.165) is 16.7 Å². The Morgan fingerprint density at radius 2 is 1.97 bits per heavy atom. The number of benzene rings is 3. The van der Waals surface area contributed by atoms with Gasteiger partial charge in [0.05, 0.1) is 17.1 Å². The topological polar surface area (TPSA) is 75.4 Å². The lowest BCUT2D eigenvalue weighted by Gasteiger charge is -2.12. The van der Waals surface area contributed by atoms with Crippen LogP contribution in [-0.4, -0.2) is 22.6 Å². The van der Waals surface area contributed by atoms with Crippen LogP contribution in [0.25, 0.3) is 33.7 Å². The third-order valence-electron chi connectivity index (χ3n) is 5.63. The van der Waals surface area contributed by atoms with Crippen LogP contribution in [0.1, 0.15) is 23.6 Å². The lowest BCUT2D eigenvalue weighted by molar-refractivity contribution is -0.136. The van der Waals surface area contributed by atoms with Crippen molar-refractivity contribution in [3.05, 3.63) is 76.6 Å². The largest absolute Gasteiger partial charge is 0.480 e. The van der Waals surface area contributed by atoms with E-state index in [-0.39, 0.29) is 24.1 Å². The molecule has 31 heavy (non-hydrogen) atoms. The summed E-state index contributed by atoms with van der Waals surface area (Å²) in [7, 11) is 0. The van der Waals surface area contributed by atoms with Gasteiger partial charge < -0.3 is 14.8 Å². The highest BCUT2D eigenvalue weighted by molar-refractivity contribution is 6.36. The Labute approximate surface area is 182 Å². The van der Waals surface area contributed by atoms with E-state index in [0.29, 0.717) is 34.5 Å². The highest BCUT2D eigenvalue weighted by atomic mass is 35.5. The number of nitrogens with one attached hydrogen (secondary N) is 1. The number of nitrogens with zero attached hydrogens (tertiary/aromatic N) is 1. The van der Waals surface area contributed by atoms with E-state index >= 15 is 4.39 Å². The molecule has 0 fully saturated rings. The minimum absolute atomic E-state index is 0.0915. The number of halogens is 2. The van der Waals surface area contributed by atoms with Gasteiger partial charge in [0.1, 0.15) is 5.52 Å². The summed E-state index contributed by atoms with van der Waals surface area (Å²) in [6.45, 7) is -0.185. The average molecular weight is 437 g/mol. The minimum atomic E-state index is -0.952. The fourth-order valence-electron chi connectivity index (χ4n) is 4.17. The van der Waals surface area contributed by atoms with Gasteiger partial charge in [0.25, 0.3) is 0 Å². The van der Waals surface area contributed by atoms with Crippen LogP contribution in [0.5, 0.6) is 0 Å². The monoisotopic (exact) mass is 436 g/mol. The van der Waals surface area contributed by atoms with Crippen LogP contribution in [0, 0.1) is 5.82 Å². The van der Waals surface area contributed by atoms with Crippen molar-refractivity contribution in [2.45, 2.75) is 18.9 Å². The van der Waals surface area contributed by atoms with Crippen LogP contribution in [0.4, 0.5) is 4.39 Å². The third kappa shape index (κ3) is 3.48. The van der Waals surface area contributed by atoms with E-state index in [1.807, 2.05) is 42.5 Å². The predicted octanol–water partition coefficient (Wildman–Crippen LogP) is 5.62. The number of carboxylic acids is 1. The van der Waals surface area contributed by atoms with Crippen LogP contribution in [-0.2, 0) is 11.2 Å². The second-order valence-corrected chi connectivity index (χ2v) is 7.90. The van der Waals surface area contributed by atoms with Gasteiger partial charge in [-0.25, -0.2) is 9.37 Å². The van der Waals surface area contributed by atoms with Gasteiger partial charge in [-0.15, -0.1) is 0 Å². The van der Waals surface area contributed by atoms with Crippen LogP contribution in [0.15, 0.2) is 59.0 Å². The normalized spacial score (nSPS) is 15.4. The van der Waals surface area contributed by atoms with E-state index in [1.54, 1.807) is 12.1 Å². The molecule has 2 N–H and O–H groups in total. The molecule has 1 unspecified atom stereocenters. The van der Waals surface area contributed by atoms with Crippen LogP contribution < -0.4 is 5.32 Å². The summed E-state index contributed by atoms with van der Waals surface area (Å²) >= 11 is 6.68. The molecule has 1 atom stereocenters. The number of carbonyl (C=O) groups is 1. The van der Waals surface area contributed by atoms with Crippen molar-refractivity contribution in [1.82, 2.24) is 10.3 Å². The number of aliphatic carboxylic acids is 1. The van der Waals surface area contributed by atoms with E-state index < -0.39 is 11.8 Å². The van der Waals surface area contributed by atoms with Gasteiger partial charge in [0.15, 0.2) is 11.4 Å². The molecule has 156 valence electrons. The van der Waals surface area contributed by atoms with Gasteiger partial charge in [-0.1, -0.05) is 54.1 Å². The zero-order chi connectivity index (χ0) is 21.5. The van der Waals surface area contributed by atoms with Crippen molar-refractivity contribution in [3.63, 3.8) is 0 Å². The molecule has 0 aliphatic heterocycles. The molecule has 0 radical (unpaired) electrons. The summed E-state index contributed by atoms with van der Waals surface area (Å²) in [6.07, 6.45) is 1.14. The smallest absolute Gasteiger partial charge is 0.317 e. The van der Waals surface area contributed by atoms with Crippen LogP contribution >= 0.6 is 11.6 Å². The molecule has 4 aromatic rings. The van der Waals surface area contributed by atoms with Crippen molar-refractivity contribution in [2.75, 3.05) is 6.54 Å². The average Bonchev–Trinajstić information content (AvgIpc) is 3.38. The SMILES string of the molecule is O=C(O)CNC1CCc2c1cc1nc(-c3cccc(-c4ccccc4)c3Cl)oc1c2F. The Morgan fingerprint density at radius 1 is 1.19 bits per heavy atom. The van der Waals surface area contributed by atoms with Crippen molar-refractivity contribution >= 4 is 28.7 Å². The molecule has 1 aromatic heterocycles. The van der Waals surface area contributed by atoms with Gasteiger partial charge >= 0.3 is 5.97 Å². The van der Waals surface area contributed by atoms with E-state index in [4.69, 9.17) is 21.1 Å². The molecular formula is C24H18ClFN2O3. The summed E-state index contributed by atoms with van der Waals surface area (Å²) in [6, 6.07) is 16.9. The van der Waals surface area contributed by atoms with Gasteiger partial charge in [-0.05, 0) is 41.7 Å². The minimum Gasteiger partial charge on any atom is -0.480 e. The summed E-state index contributed by atoms with van der Waals surface area (Å²) < 4.78 is 21.0. The third-order valence-corrected chi connectivity index (χ3v) is 6.04. The van der Waals surface area contributed by atoms with Gasteiger partial charge in [-0.3, -0.25) is 4.79 Å². The number of aromatic nitrogens is 1. The standard InChI is InChI=1S/C24H18ClFN2O3/c25-21-14(13-5-2-1-3-6-13)7-4-8-16(21)24-28-19-11-17-15(22(26)23(19)31-24)9-10-18(17)27-12-20(29)30/h1-8,11,18,27H,9-10,12H2,(H,29,30). The Kier molecular flexibility index (Phi) is 4.96. The summed E-state index contributed by atoms with van der Waals surface area (Å²) in [4.78, 5) is 15.4. The van der Waals surface area contributed by atoms with E-state index in [9.17, 15) is 4.79 Å². The maximum atomic E-state index is 15.2. The summed E-state index contributed by atoms with van der Waals surface area (Å²) in [5.74, 6) is -1.15. The first-order valence-electron chi connectivity index (χ1n) is 9.94. The quantitative estimate of drug-likeness (QED) is 0.425. The maximum Gasteiger partial charge on any atom is 0.317 e. The van der Waals surface area contributed by atoms with Crippen molar-refractivity contribution in [2.24, 2.45) is 0 Å². The molecule has 1 heterocycles. The van der Waals surface area contributed by atoms with Gasteiger partial charge in [-0.2, -0.15) is 0 Å². The van der Waals surface area contributed by atoms with E-state index in [1.165, 1.54) is 0 Å². The molecular weight excluding hydrogens is 419 g/mol. The van der Waals surface area contributed by atoms with Gasteiger partial charge in [0.2, 0.25) is 5.89 Å². The molecule has 0 saturated carbocycles. The molecule has 0 amide bonds. The molecule has 1 aliphatic carbocycles. The molecule has 7 heteroatoms. The Hall–Kier alpha value is -3.22. The Bertz CT molecular complexity index is 1300. The molecule has 0 saturated heterocycles. The number of carboxylic acid groups (broad SMARTS) is 1. The zero-order valence-corrected chi connectivity index (χ0v) is 17.1. The fourth-order valence-corrected chi connectivity index (χ4v) is 4.49. The summed E-state index contributed by atoms with van der Waals surface area (Å²) in [5.41, 5.74) is 4.13. The van der Waals surface area contributed by atoms with Crippen molar-refractivity contribution < 1.29 is 18.7 Å². The fraction of sp³-hybridized carbons (Fsp3) is 0.167. The lowest BCUT2D eigenvalue weighted by Crippen LogP contribution is -2.26. The van der Waals surface area contributed by atoms with Crippen LogP contribution in [0.2, 0.25) is 5.02 Å². The van der Waals surface area contributed by atoms with Crippen molar-refractivity contribution in [3.8, 4) is 22.6 Å². The Morgan fingerprint density at radius 3 is 2.74 bits per heavy atom. The first-order chi connectivity index (χ1) is 15.0. The second kappa shape index (κ2) is 7.80. The van der Waals surface area contributed by atoms with Crippen LogP contribution in [0.3, 0.4) is 0 Å². The maximum absolute atomic E-state index is 15.2. The molecule has 5 rings (SSSR count). The summed E-state index contributed by atoms with van der Waals surface area (Å²) in [5, 5.41) is 12.4. The number of hydrogen-bond donors (Lipinski definition) is 2. The molecule has 5 nitrogen and oxygen atoms in total. The number of hydrogen-bond acceptors (Lipinski definition) is 4. The highest BCUT2D eigenvalue weighted by Crippen LogP contribution is 2.40. The van der Waals surface area contributed by atoms with Crippen molar-refractivity contribution in [1.29, 1.82) is 0 Å². The van der Waals surface area contributed by atoms with Gasteiger partial charge in [0, 0.05) is 11.6 Å². The number of fused-ring (bicyclic) bond motifs is 2. The first-order valence-corrected chi connectivity index (χ1v) is 10.3. The first kappa shape index (κ1) is 19.7.